The lowest BCUT2D eigenvalue weighted by Gasteiger charge is -2.10. The number of nitrogens with one attached hydrogen (secondary N) is 1. The summed E-state index contributed by atoms with van der Waals surface area (Å²) in [7, 11) is 0. The molecule has 2 aromatic rings. The van der Waals surface area contributed by atoms with E-state index in [1.54, 1.807) is 11.8 Å². The first-order valence-electron chi connectivity index (χ1n) is 5.92. The minimum Gasteiger partial charge on any atom is -0.397 e. The van der Waals surface area contributed by atoms with Crippen molar-refractivity contribution in [2.75, 3.05) is 17.3 Å². The Hall–Kier alpha value is -1.61. The zero-order chi connectivity index (χ0) is 13.0. The molecule has 3 heteroatoms. The number of nitrogen functional groups attached to an aromatic ring is 1. The summed E-state index contributed by atoms with van der Waals surface area (Å²) in [5, 5.41) is 3.36. The summed E-state index contributed by atoms with van der Waals surface area (Å²) in [5.74, 6) is 0. The second-order valence-corrected chi connectivity index (χ2v) is 5.17. The lowest BCUT2D eigenvalue weighted by molar-refractivity contribution is 1.14. The average Bonchev–Trinajstić information content (AvgIpc) is 2.38. The van der Waals surface area contributed by atoms with Crippen LogP contribution in [0.1, 0.15) is 11.1 Å². The Labute approximate surface area is 113 Å². The standard InChI is InChI=1S/C15H18N2S/c1-11-3-8-15(14(16)9-11)17-10-12-4-6-13(18-2)7-5-12/h3-9,17H,10,16H2,1-2H3. The maximum Gasteiger partial charge on any atom is 0.0576 e. The van der Waals surface area contributed by atoms with Crippen molar-refractivity contribution in [2.24, 2.45) is 0 Å². The minimum atomic E-state index is 0.794. The van der Waals surface area contributed by atoms with Gasteiger partial charge in [-0.1, -0.05) is 18.2 Å². The van der Waals surface area contributed by atoms with Crippen molar-refractivity contribution in [3.8, 4) is 0 Å². The molecule has 0 aliphatic carbocycles. The summed E-state index contributed by atoms with van der Waals surface area (Å²) in [6.07, 6.45) is 2.08. The smallest absolute Gasteiger partial charge is 0.0576 e. The molecule has 0 fully saturated rings. The first kappa shape index (κ1) is 12.8. The average molecular weight is 258 g/mol. The molecule has 0 aromatic heterocycles. The topological polar surface area (TPSA) is 38.0 Å². The van der Waals surface area contributed by atoms with Gasteiger partial charge in [-0.25, -0.2) is 0 Å². The van der Waals surface area contributed by atoms with Gasteiger partial charge in [-0.3, -0.25) is 0 Å². The minimum absolute atomic E-state index is 0.794. The molecule has 0 amide bonds. The van der Waals surface area contributed by atoms with Gasteiger partial charge in [0.1, 0.15) is 0 Å². The Kier molecular flexibility index (Phi) is 4.15. The van der Waals surface area contributed by atoms with E-state index in [9.17, 15) is 0 Å². The highest BCUT2D eigenvalue weighted by atomic mass is 32.2. The van der Waals surface area contributed by atoms with Gasteiger partial charge in [-0.15, -0.1) is 11.8 Å². The van der Waals surface area contributed by atoms with Crippen molar-refractivity contribution in [1.82, 2.24) is 0 Å². The van der Waals surface area contributed by atoms with Gasteiger partial charge in [0.2, 0.25) is 0 Å². The Morgan fingerprint density at radius 2 is 1.83 bits per heavy atom. The Morgan fingerprint density at radius 3 is 2.44 bits per heavy atom. The van der Waals surface area contributed by atoms with E-state index in [2.05, 4.69) is 41.9 Å². The second kappa shape index (κ2) is 5.83. The molecule has 0 heterocycles. The molecule has 94 valence electrons. The third-order valence-electron chi connectivity index (χ3n) is 2.85. The van der Waals surface area contributed by atoms with Crippen LogP contribution >= 0.6 is 11.8 Å². The molecule has 0 aliphatic rings. The summed E-state index contributed by atoms with van der Waals surface area (Å²) in [6.45, 7) is 2.84. The molecule has 0 aliphatic heterocycles. The highest BCUT2D eigenvalue weighted by Crippen LogP contribution is 2.21. The summed E-state index contributed by atoms with van der Waals surface area (Å²) in [6, 6.07) is 14.6. The van der Waals surface area contributed by atoms with E-state index in [4.69, 9.17) is 5.73 Å². The van der Waals surface area contributed by atoms with Gasteiger partial charge in [-0.05, 0) is 48.6 Å². The maximum atomic E-state index is 5.97. The Bertz CT molecular complexity index is 521. The summed E-state index contributed by atoms with van der Waals surface area (Å²) >= 11 is 1.76. The van der Waals surface area contributed by atoms with E-state index in [-0.39, 0.29) is 0 Å². The lowest BCUT2D eigenvalue weighted by atomic mass is 10.2. The van der Waals surface area contributed by atoms with Crippen LogP contribution in [0, 0.1) is 6.92 Å². The van der Waals surface area contributed by atoms with Gasteiger partial charge < -0.3 is 11.1 Å². The molecular weight excluding hydrogens is 240 g/mol. The van der Waals surface area contributed by atoms with Crippen LogP contribution < -0.4 is 11.1 Å². The predicted molar refractivity (Wildman–Crippen MR) is 81.1 cm³/mol. The zero-order valence-corrected chi connectivity index (χ0v) is 11.6. The number of aryl methyl sites for hydroxylation is 1. The van der Waals surface area contributed by atoms with Gasteiger partial charge in [-0.2, -0.15) is 0 Å². The largest absolute Gasteiger partial charge is 0.397 e. The third-order valence-corrected chi connectivity index (χ3v) is 3.59. The second-order valence-electron chi connectivity index (χ2n) is 4.29. The SMILES string of the molecule is CSc1ccc(CNc2ccc(C)cc2N)cc1. The third kappa shape index (κ3) is 3.20. The van der Waals surface area contributed by atoms with Crippen LogP contribution in [0.15, 0.2) is 47.4 Å². The normalized spacial score (nSPS) is 10.3. The first-order chi connectivity index (χ1) is 8.69. The van der Waals surface area contributed by atoms with Crippen LogP contribution in [0.5, 0.6) is 0 Å². The number of rotatable bonds is 4. The number of anilines is 2. The highest BCUT2D eigenvalue weighted by molar-refractivity contribution is 7.98. The quantitative estimate of drug-likeness (QED) is 0.645. The fraction of sp³-hybridized carbons (Fsp3) is 0.200. The van der Waals surface area contributed by atoms with E-state index in [1.165, 1.54) is 16.0 Å². The Morgan fingerprint density at radius 1 is 1.11 bits per heavy atom. The van der Waals surface area contributed by atoms with Gasteiger partial charge in [0.25, 0.3) is 0 Å². The van der Waals surface area contributed by atoms with Crippen LogP contribution in [0.25, 0.3) is 0 Å². The molecule has 0 bridgehead atoms. The number of nitrogens with two attached hydrogens (primary N) is 1. The molecule has 2 aromatic carbocycles. The van der Waals surface area contributed by atoms with Gasteiger partial charge >= 0.3 is 0 Å². The van der Waals surface area contributed by atoms with Crippen LogP contribution in [-0.4, -0.2) is 6.26 Å². The lowest BCUT2D eigenvalue weighted by Crippen LogP contribution is -2.02. The van der Waals surface area contributed by atoms with Crippen molar-refractivity contribution in [1.29, 1.82) is 0 Å². The molecule has 2 rings (SSSR count). The molecule has 0 unspecified atom stereocenters. The highest BCUT2D eigenvalue weighted by Gasteiger charge is 1.99. The van der Waals surface area contributed by atoms with Crippen molar-refractivity contribution < 1.29 is 0 Å². The number of benzene rings is 2. The van der Waals surface area contributed by atoms with Gasteiger partial charge in [0, 0.05) is 11.4 Å². The molecule has 2 nitrogen and oxygen atoms in total. The number of thioether (sulfide) groups is 1. The molecule has 18 heavy (non-hydrogen) atoms. The van der Waals surface area contributed by atoms with Crippen molar-refractivity contribution in [3.05, 3.63) is 53.6 Å². The van der Waals surface area contributed by atoms with Crippen LogP contribution in [0.4, 0.5) is 11.4 Å². The van der Waals surface area contributed by atoms with E-state index in [0.717, 1.165) is 17.9 Å². The van der Waals surface area contributed by atoms with Gasteiger partial charge in [0.05, 0.1) is 11.4 Å². The Balaban J connectivity index is 2.02. The molecule has 0 saturated heterocycles. The molecule has 3 N–H and O–H groups in total. The number of hydrogen-bond donors (Lipinski definition) is 2. The van der Waals surface area contributed by atoms with E-state index < -0.39 is 0 Å². The van der Waals surface area contributed by atoms with Crippen molar-refractivity contribution in [3.63, 3.8) is 0 Å². The maximum absolute atomic E-state index is 5.97. The predicted octanol–water partition coefficient (Wildman–Crippen LogP) is 3.91. The molecule has 0 radical (unpaired) electrons. The van der Waals surface area contributed by atoms with E-state index >= 15 is 0 Å². The van der Waals surface area contributed by atoms with Crippen LogP contribution in [0.3, 0.4) is 0 Å². The molecular formula is C15H18N2S. The van der Waals surface area contributed by atoms with Crippen molar-refractivity contribution >= 4 is 23.1 Å². The number of hydrogen-bond acceptors (Lipinski definition) is 3. The molecule has 0 spiro atoms. The molecule has 0 atom stereocenters. The zero-order valence-electron chi connectivity index (χ0n) is 10.7. The first-order valence-corrected chi connectivity index (χ1v) is 7.14. The summed E-state index contributed by atoms with van der Waals surface area (Å²) in [5.41, 5.74) is 10.2. The fourth-order valence-electron chi connectivity index (χ4n) is 1.78. The monoisotopic (exact) mass is 258 g/mol. The van der Waals surface area contributed by atoms with Crippen LogP contribution in [-0.2, 0) is 6.54 Å². The molecule has 0 saturated carbocycles. The van der Waals surface area contributed by atoms with Crippen LogP contribution in [0.2, 0.25) is 0 Å². The van der Waals surface area contributed by atoms with Crippen molar-refractivity contribution in [2.45, 2.75) is 18.4 Å². The van der Waals surface area contributed by atoms with E-state index in [1.807, 2.05) is 19.1 Å². The fourth-order valence-corrected chi connectivity index (χ4v) is 2.19. The summed E-state index contributed by atoms with van der Waals surface area (Å²) < 4.78 is 0. The van der Waals surface area contributed by atoms with E-state index in [0.29, 0.717) is 0 Å². The van der Waals surface area contributed by atoms with Gasteiger partial charge in [0.15, 0.2) is 0 Å². The summed E-state index contributed by atoms with van der Waals surface area (Å²) in [4.78, 5) is 1.29.